The maximum absolute atomic E-state index is 12.2. The van der Waals surface area contributed by atoms with E-state index in [9.17, 15) is 14.4 Å². The van der Waals surface area contributed by atoms with E-state index in [-0.39, 0.29) is 31.9 Å². The van der Waals surface area contributed by atoms with Crippen molar-refractivity contribution in [3.63, 3.8) is 0 Å². The maximum Gasteiger partial charge on any atom is 0.407 e. The normalized spacial score (nSPS) is 13.3. The van der Waals surface area contributed by atoms with Gasteiger partial charge >= 0.3 is 18.0 Å². The highest BCUT2D eigenvalue weighted by Gasteiger charge is 2.29. The first-order valence-corrected chi connectivity index (χ1v) is 11.3. The van der Waals surface area contributed by atoms with Crippen LogP contribution in [0.3, 0.4) is 0 Å². The van der Waals surface area contributed by atoms with Gasteiger partial charge in [0.25, 0.3) is 0 Å². The lowest BCUT2D eigenvalue weighted by atomic mass is 9.98. The number of carbonyl (C=O) groups excluding carboxylic acids is 3. The highest BCUT2D eigenvalue weighted by Crippen LogP contribution is 2.44. The van der Waals surface area contributed by atoms with Crippen LogP contribution in [-0.4, -0.2) is 42.9 Å². The number of esters is 2. The van der Waals surface area contributed by atoms with Crippen LogP contribution < -0.4 is 5.32 Å². The van der Waals surface area contributed by atoms with E-state index in [1.54, 1.807) is 20.8 Å². The molecular weight excluding hydrogens is 434 g/mol. The zero-order valence-corrected chi connectivity index (χ0v) is 19.8. The summed E-state index contributed by atoms with van der Waals surface area (Å²) in [6.45, 7) is 8.98. The molecule has 2 aromatic carbocycles. The van der Waals surface area contributed by atoms with Crippen molar-refractivity contribution in [1.82, 2.24) is 5.32 Å². The molecule has 0 aliphatic heterocycles. The minimum atomic E-state index is -1.07. The van der Waals surface area contributed by atoms with Gasteiger partial charge in [0, 0.05) is 18.9 Å². The summed E-state index contributed by atoms with van der Waals surface area (Å²) in [5.41, 5.74) is 3.84. The van der Waals surface area contributed by atoms with Crippen LogP contribution in [-0.2, 0) is 23.8 Å². The fraction of sp³-hybridized carbons (Fsp3) is 0.370. The second-order valence-corrected chi connectivity index (χ2v) is 9.04. The molecule has 180 valence electrons. The van der Waals surface area contributed by atoms with Crippen molar-refractivity contribution < 1.29 is 28.6 Å². The van der Waals surface area contributed by atoms with Gasteiger partial charge < -0.3 is 19.5 Å². The Balaban J connectivity index is 1.46. The van der Waals surface area contributed by atoms with E-state index in [1.165, 1.54) is 6.08 Å². The summed E-state index contributed by atoms with van der Waals surface area (Å²) in [6.07, 6.45) is -0.180. The fourth-order valence-electron chi connectivity index (χ4n) is 3.84. The quantitative estimate of drug-likeness (QED) is 0.327. The molecule has 0 spiro atoms. The van der Waals surface area contributed by atoms with Crippen LogP contribution in [0.2, 0.25) is 0 Å². The lowest BCUT2D eigenvalue weighted by Gasteiger charge is -2.23. The standard InChI is InChI=1S/C27H31NO6/c1-5-10-23(25(30)34-27(2,3)4)33-24(29)15-16-28-26(31)32-17-22-20-13-8-6-11-18(20)19-12-7-9-14-21(19)22/h5-9,11-14,22-23H,1,10,15-17H2,2-4H3,(H,28,31). The van der Waals surface area contributed by atoms with Crippen molar-refractivity contribution in [3.8, 4) is 11.1 Å². The Morgan fingerprint density at radius 2 is 1.62 bits per heavy atom. The van der Waals surface area contributed by atoms with Gasteiger partial charge in [-0.3, -0.25) is 4.79 Å². The molecule has 1 amide bonds. The number of ether oxygens (including phenoxy) is 3. The minimum Gasteiger partial charge on any atom is -0.457 e. The summed E-state index contributed by atoms with van der Waals surface area (Å²) >= 11 is 0. The van der Waals surface area contributed by atoms with Crippen molar-refractivity contribution in [2.45, 2.75) is 51.2 Å². The predicted octanol–water partition coefficient (Wildman–Crippen LogP) is 4.74. The Bertz CT molecular complexity index is 1010. The van der Waals surface area contributed by atoms with Gasteiger partial charge in [-0.2, -0.15) is 0 Å². The number of benzene rings is 2. The molecule has 0 aromatic heterocycles. The molecule has 1 unspecified atom stereocenters. The number of carbonyl (C=O) groups is 3. The summed E-state index contributed by atoms with van der Waals surface area (Å²) in [5, 5.41) is 2.56. The summed E-state index contributed by atoms with van der Waals surface area (Å²) in [5.74, 6) is -1.31. The highest BCUT2D eigenvalue weighted by molar-refractivity contribution is 5.80. The van der Waals surface area contributed by atoms with Gasteiger partial charge in [-0.05, 0) is 43.0 Å². The van der Waals surface area contributed by atoms with E-state index < -0.39 is 29.7 Å². The highest BCUT2D eigenvalue weighted by atomic mass is 16.6. The molecule has 0 bridgehead atoms. The van der Waals surface area contributed by atoms with E-state index in [0.29, 0.717) is 0 Å². The molecule has 7 nitrogen and oxygen atoms in total. The lowest BCUT2D eigenvalue weighted by molar-refractivity contribution is -0.175. The van der Waals surface area contributed by atoms with Crippen LogP contribution in [0.25, 0.3) is 11.1 Å². The molecule has 0 saturated carbocycles. The third-order valence-electron chi connectivity index (χ3n) is 5.27. The van der Waals surface area contributed by atoms with Crippen molar-refractivity contribution in [3.05, 3.63) is 72.3 Å². The van der Waals surface area contributed by atoms with Gasteiger partial charge in [0.15, 0.2) is 0 Å². The zero-order valence-electron chi connectivity index (χ0n) is 19.8. The average Bonchev–Trinajstić information content (AvgIpc) is 3.10. The Kier molecular flexibility index (Phi) is 8.10. The number of hydrogen-bond acceptors (Lipinski definition) is 6. The van der Waals surface area contributed by atoms with E-state index in [2.05, 4.69) is 24.0 Å². The summed E-state index contributed by atoms with van der Waals surface area (Å²) in [7, 11) is 0. The van der Waals surface area contributed by atoms with Crippen LogP contribution in [0.1, 0.15) is 50.7 Å². The van der Waals surface area contributed by atoms with Crippen LogP contribution in [0.5, 0.6) is 0 Å². The molecule has 1 atom stereocenters. The molecule has 34 heavy (non-hydrogen) atoms. The molecule has 7 heteroatoms. The Morgan fingerprint density at radius 1 is 1.03 bits per heavy atom. The average molecular weight is 466 g/mol. The third-order valence-corrected chi connectivity index (χ3v) is 5.27. The molecule has 0 saturated heterocycles. The Morgan fingerprint density at radius 3 is 2.18 bits per heavy atom. The number of amides is 1. The van der Waals surface area contributed by atoms with Crippen LogP contribution in [0.4, 0.5) is 4.79 Å². The van der Waals surface area contributed by atoms with Crippen LogP contribution in [0, 0.1) is 0 Å². The SMILES string of the molecule is C=CCC(OC(=O)CCNC(=O)OCC1c2ccccc2-c2ccccc21)C(=O)OC(C)(C)C. The largest absolute Gasteiger partial charge is 0.457 e. The zero-order chi connectivity index (χ0) is 24.7. The van der Waals surface area contributed by atoms with E-state index in [4.69, 9.17) is 14.2 Å². The second kappa shape index (κ2) is 11.0. The first kappa shape index (κ1) is 25.0. The molecule has 0 fully saturated rings. The van der Waals surface area contributed by atoms with E-state index in [1.807, 2.05) is 36.4 Å². The molecule has 1 N–H and O–H groups in total. The first-order chi connectivity index (χ1) is 16.2. The van der Waals surface area contributed by atoms with Gasteiger partial charge in [-0.1, -0.05) is 54.6 Å². The van der Waals surface area contributed by atoms with Gasteiger partial charge in [-0.25, -0.2) is 9.59 Å². The number of hydrogen-bond donors (Lipinski definition) is 1. The molecule has 0 radical (unpaired) electrons. The van der Waals surface area contributed by atoms with Crippen molar-refractivity contribution in [2.75, 3.05) is 13.2 Å². The number of fused-ring (bicyclic) bond motifs is 3. The lowest BCUT2D eigenvalue weighted by Crippen LogP contribution is -2.35. The molecule has 3 rings (SSSR count). The smallest absolute Gasteiger partial charge is 0.407 e. The fourth-order valence-corrected chi connectivity index (χ4v) is 3.84. The summed E-state index contributed by atoms with van der Waals surface area (Å²) < 4.78 is 15.9. The minimum absolute atomic E-state index is 0.0185. The first-order valence-electron chi connectivity index (χ1n) is 11.3. The van der Waals surface area contributed by atoms with Crippen molar-refractivity contribution in [1.29, 1.82) is 0 Å². The number of alkyl carbamates (subject to hydrolysis) is 1. The molecule has 1 aliphatic rings. The number of rotatable bonds is 9. The molecule has 2 aromatic rings. The topological polar surface area (TPSA) is 90.9 Å². The Hall–Kier alpha value is -3.61. The van der Waals surface area contributed by atoms with Crippen LogP contribution >= 0.6 is 0 Å². The number of nitrogens with one attached hydrogen (secondary N) is 1. The summed E-state index contributed by atoms with van der Waals surface area (Å²) in [6, 6.07) is 16.2. The van der Waals surface area contributed by atoms with E-state index in [0.717, 1.165) is 22.3 Å². The van der Waals surface area contributed by atoms with Gasteiger partial charge in [0.1, 0.15) is 12.2 Å². The van der Waals surface area contributed by atoms with E-state index >= 15 is 0 Å². The van der Waals surface area contributed by atoms with Crippen molar-refractivity contribution >= 4 is 18.0 Å². The third kappa shape index (κ3) is 6.47. The maximum atomic E-state index is 12.2. The van der Waals surface area contributed by atoms with Gasteiger partial charge in [0.05, 0.1) is 6.42 Å². The summed E-state index contributed by atoms with van der Waals surface area (Å²) in [4.78, 5) is 36.6. The van der Waals surface area contributed by atoms with Gasteiger partial charge in [0.2, 0.25) is 6.10 Å². The molecular formula is C27H31NO6. The molecule has 0 heterocycles. The van der Waals surface area contributed by atoms with Crippen LogP contribution in [0.15, 0.2) is 61.2 Å². The Labute approximate surface area is 200 Å². The van der Waals surface area contributed by atoms with Crippen molar-refractivity contribution in [2.24, 2.45) is 0 Å². The van der Waals surface area contributed by atoms with Gasteiger partial charge in [-0.15, -0.1) is 6.58 Å². The second-order valence-electron chi connectivity index (χ2n) is 9.04. The monoisotopic (exact) mass is 465 g/mol. The predicted molar refractivity (Wildman–Crippen MR) is 128 cm³/mol. The molecule has 1 aliphatic carbocycles.